The van der Waals surface area contributed by atoms with Crippen molar-refractivity contribution in [3.63, 3.8) is 0 Å². The maximum Gasteiger partial charge on any atom is 0.224 e. The Kier molecular flexibility index (Phi) is 4.23. The zero-order chi connectivity index (χ0) is 13.3. The molecule has 0 heterocycles. The fourth-order valence-corrected chi connectivity index (χ4v) is 2.83. The number of aliphatic hydroxyl groups is 1. The van der Waals surface area contributed by atoms with Crippen molar-refractivity contribution in [2.75, 3.05) is 13.2 Å². The topological polar surface area (TPSA) is 49.3 Å². The highest BCUT2D eigenvalue weighted by molar-refractivity contribution is 5.84. The van der Waals surface area contributed by atoms with Gasteiger partial charge in [0.05, 0.1) is 0 Å². The van der Waals surface area contributed by atoms with Crippen LogP contribution in [0.5, 0.6) is 0 Å². The van der Waals surface area contributed by atoms with E-state index < -0.39 is 0 Å². The molecule has 0 spiro atoms. The van der Waals surface area contributed by atoms with E-state index in [9.17, 15) is 4.79 Å². The third kappa shape index (κ3) is 2.65. The van der Waals surface area contributed by atoms with Gasteiger partial charge in [0.2, 0.25) is 5.91 Å². The molecule has 1 aliphatic rings. The van der Waals surface area contributed by atoms with Crippen LogP contribution in [0.4, 0.5) is 0 Å². The second-order valence-electron chi connectivity index (χ2n) is 6.41. The highest BCUT2D eigenvalue weighted by Gasteiger charge is 2.68. The standard InChI is InChI=1S/C14H27NO2/c1-6-10(7-8-16)9-15-12(17)11-13(2,3)14(11,4)5/h10-11,16H,6-9H2,1-5H3,(H,15,17). The second kappa shape index (κ2) is 4.97. The van der Waals surface area contributed by atoms with Gasteiger partial charge in [-0.05, 0) is 23.2 Å². The van der Waals surface area contributed by atoms with Crippen LogP contribution >= 0.6 is 0 Å². The lowest BCUT2D eigenvalue weighted by molar-refractivity contribution is -0.123. The fraction of sp³-hybridized carbons (Fsp3) is 0.929. The van der Waals surface area contributed by atoms with Crippen LogP contribution in [-0.4, -0.2) is 24.2 Å². The van der Waals surface area contributed by atoms with Crippen LogP contribution in [0.15, 0.2) is 0 Å². The van der Waals surface area contributed by atoms with Crippen molar-refractivity contribution in [1.82, 2.24) is 5.32 Å². The summed E-state index contributed by atoms with van der Waals surface area (Å²) in [6.45, 7) is 11.6. The van der Waals surface area contributed by atoms with Crippen LogP contribution in [0.3, 0.4) is 0 Å². The minimum absolute atomic E-state index is 0.107. The summed E-state index contributed by atoms with van der Waals surface area (Å²) in [5.74, 6) is 0.701. The van der Waals surface area contributed by atoms with Gasteiger partial charge in [-0.15, -0.1) is 0 Å². The van der Waals surface area contributed by atoms with E-state index in [2.05, 4.69) is 39.9 Å². The molecule has 1 saturated carbocycles. The molecule has 0 aliphatic heterocycles. The fourth-order valence-electron chi connectivity index (χ4n) is 2.83. The van der Waals surface area contributed by atoms with Crippen LogP contribution in [-0.2, 0) is 4.79 Å². The lowest BCUT2D eigenvalue weighted by Gasteiger charge is -2.14. The summed E-state index contributed by atoms with van der Waals surface area (Å²) in [5.41, 5.74) is 0.214. The Hall–Kier alpha value is -0.570. The number of carbonyl (C=O) groups excluding carboxylic acids is 1. The van der Waals surface area contributed by atoms with Gasteiger partial charge in [-0.1, -0.05) is 41.0 Å². The first-order chi connectivity index (χ1) is 7.79. The summed E-state index contributed by atoms with van der Waals surface area (Å²) < 4.78 is 0. The Morgan fingerprint density at radius 3 is 2.18 bits per heavy atom. The molecule has 1 rings (SSSR count). The van der Waals surface area contributed by atoms with Gasteiger partial charge in [0.1, 0.15) is 0 Å². The highest BCUT2D eigenvalue weighted by Crippen LogP contribution is 2.68. The minimum atomic E-state index is 0.107. The predicted molar refractivity (Wildman–Crippen MR) is 69.5 cm³/mol. The quantitative estimate of drug-likeness (QED) is 0.749. The maximum atomic E-state index is 12.1. The van der Waals surface area contributed by atoms with E-state index in [1.807, 2.05) is 0 Å². The summed E-state index contributed by atoms with van der Waals surface area (Å²) in [7, 11) is 0. The number of hydrogen-bond acceptors (Lipinski definition) is 2. The lowest BCUT2D eigenvalue weighted by Crippen LogP contribution is -2.32. The van der Waals surface area contributed by atoms with Crippen molar-refractivity contribution in [2.24, 2.45) is 22.7 Å². The van der Waals surface area contributed by atoms with Crippen molar-refractivity contribution in [2.45, 2.75) is 47.5 Å². The molecule has 3 heteroatoms. The first kappa shape index (κ1) is 14.5. The minimum Gasteiger partial charge on any atom is -0.396 e. The zero-order valence-electron chi connectivity index (χ0n) is 11.8. The van der Waals surface area contributed by atoms with E-state index in [-0.39, 0.29) is 29.3 Å². The Morgan fingerprint density at radius 1 is 1.29 bits per heavy atom. The predicted octanol–water partition coefficient (Wildman–Crippen LogP) is 2.19. The Bertz CT molecular complexity index is 270. The molecule has 0 saturated heterocycles. The van der Waals surface area contributed by atoms with Crippen molar-refractivity contribution in [1.29, 1.82) is 0 Å². The van der Waals surface area contributed by atoms with Crippen molar-refractivity contribution in [3.05, 3.63) is 0 Å². The molecule has 1 unspecified atom stereocenters. The molecule has 0 aromatic heterocycles. The SMILES string of the molecule is CCC(CCO)CNC(=O)C1C(C)(C)C1(C)C. The van der Waals surface area contributed by atoms with Gasteiger partial charge in [-0.2, -0.15) is 0 Å². The lowest BCUT2D eigenvalue weighted by atomic mass is 10.0. The first-order valence-corrected chi connectivity index (χ1v) is 6.67. The molecule has 0 bridgehead atoms. The summed E-state index contributed by atoms with van der Waals surface area (Å²) in [5, 5.41) is 11.9. The summed E-state index contributed by atoms with van der Waals surface area (Å²) in [6, 6.07) is 0. The first-order valence-electron chi connectivity index (χ1n) is 6.67. The number of amides is 1. The molecule has 1 amide bonds. The summed E-state index contributed by atoms with van der Waals surface area (Å²) >= 11 is 0. The van der Waals surface area contributed by atoms with E-state index in [1.165, 1.54) is 0 Å². The third-order valence-electron chi connectivity index (χ3n) is 4.96. The maximum absolute atomic E-state index is 12.1. The number of rotatable bonds is 6. The van der Waals surface area contributed by atoms with Crippen LogP contribution < -0.4 is 5.32 Å². The van der Waals surface area contributed by atoms with Crippen molar-refractivity contribution in [3.8, 4) is 0 Å². The van der Waals surface area contributed by atoms with Crippen molar-refractivity contribution >= 4 is 5.91 Å². The molecule has 1 aliphatic carbocycles. The molecule has 1 atom stereocenters. The molecule has 1 fully saturated rings. The molecular formula is C14H27NO2. The molecule has 0 radical (unpaired) electrons. The molecular weight excluding hydrogens is 214 g/mol. The highest BCUT2D eigenvalue weighted by atomic mass is 16.3. The summed E-state index contributed by atoms with van der Waals surface area (Å²) in [6.07, 6.45) is 1.77. The average Bonchev–Trinajstić information content (AvgIpc) is 2.64. The third-order valence-corrected chi connectivity index (χ3v) is 4.96. The van der Waals surface area contributed by atoms with Crippen LogP contribution in [0.25, 0.3) is 0 Å². The molecule has 0 aromatic rings. The molecule has 3 nitrogen and oxygen atoms in total. The Balaban J connectivity index is 2.42. The van der Waals surface area contributed by atoms with Gasteiger partial charge in [-0.25, -0.2) is 0 Å². The van der Waals surface area contributed by atoms with Gasteiger partial charge >= 0.3 is 0 Å². The van der Waals surface area contributed by atoms with Gasteiger partial charge in [0.15, 0.2) is 0 Å². The monoisotopic (exact) mass is 241 g/mol. The van der Waals surface area contributed by atoms with E-state index in [0.717, 1.165) is 12.8 Å². The second-order valence-corrected chi connectivity index (χ2v) is 6.41. The van der Waals surface area contributed by atoms with Gasteiger partial charge < -0.3 is 10.4 Å². The van der Waals surface area contributed by atoms with Crippen LogP contribution in [0, 0.1) is 22.7 Å². The molecule has 17 heavy (non-hydrogen) atoms. The van der Waals surface area contributed by atoms with Gasteiger partial charge in [-0.3, -0.25) is 4.79 Å². The molecule has 2 N–H and O–H groups in total. The van der Waals surface area contributed by atoms with Gasteiger partial charge in [0, 0.05) is 19.1 Å². The molecule has 100 valence electrons. The van der Waals surface area contributed by atoms with E-state index in [4.69, 9.17) is 5.11 Å². The van der Waals surface area contributed by atoms with E-state index in [0.29, 0.717) is 12.5 Å². The Labute approximate surface area is 105 Å². The van der Waals surface area contributed by atoms with E-state index >= 15 is 0 Å². The van der Waals surface area contributed by atoms with Crippen molar-refractivity contribution < 1.29 is 9.90 Å². The van der Waals surface area contributed by atoms with E-state index in [1.54, 1.807) is 0 Å². The number of aliphatic hydroxyl groups excluding tert-OH is 1. The van der Waals surface area contributed by atoms with Crippen LogP contribution in [0.1, 0.15) is 47.5 Å². The average molecular weight is 241 g/mol. The van der Waals surface area contributed by atoms with Crippen LogP contribution in [0.2, 0.25) is 0 Å². The largest absolute Gasteiger partial charge is 0.396 e. The number of nitrogens with one attached hydrogen (secondary N) is 1. The normalized spacial score (nSPS) is 23.2. The smallest absolute Gasteiger partial charge is 0.224 e. The molecule has 0 aromatic carbocycles. The Morgan fingerprint density at radius 2 is 1.82 bits per heavy atom. The number of hydrogen-bond donors (Lipinski definition) is 2. The number of carbonyl (C=O) groups is 1. The van der Waals surface area contributed by atoms with Gasteiger partial charge in [0.25, 0.3) is 0 Å². The summed E-state index contributed by atoms with van der Waals surface area (Å²) in [4.78, 5) is 12.1. The zero-order valence-corrected chi connectivity index (χ0v) is 11.8.